The third kappa shape index (κ3) is 5.42. The van der Waals surface area contributed by atoms with Gasteiger partial charge in [0.05, 0.1) is 0 Å². The number of hydrogen-bond donors (Lipinski definition) is 1. The molecular weight excluding hydrogens is 267 g/mol. The van der Waals surface area contributed by atoms with Gasteiger partial charge in [-0.3, -0.25) is 0 Å². The van der Waals surface area contributed by atoms with Crippen LogP contribution in [0.15, 0.2) is 36.4 Å². The van der Waals surface area contributed by atoms with Crippen molar-refractivity contribution in [2.45, 2.75) is 25.7 Å². The molecule has 0 aliphatic rings. The monoisotopic (exact) mass is 281 g/mol. The number of rotatable bonds is 4. The van der Waals surface area contributed by atoms with Crippen molar-refractivity contribution in [3.63, 3.8) is 0 Å². The van der Waals surface area contributed by atoms with Crippen molar-refractivity contribution >= 4 is 12.4 Å². The minimum atomic E-state index is -4.71. The molecule has 0 bridgehead atoms. The first-order chi connectivity index (χ1) is 7.79. The molecule has 0 fully saturated rings. The zero-order valence-corrected chi connectivity index (χ0v) is 10.6. The lowest BCUT2D eigenvalue weighted by molar-refractivity contribution is -0.275. The summed E-state index contributed by atoms with van der Waals surface area (Å²) >= 11 is 0. The first kappa shape index (κ1) is 16.8. The summed E-state index contributed by atoms with van der Waals surface area (Å²) in [6.45, 7) is 5.45. The standard InChI is InChI=1S/C12H14F3NO.ClH/c1-8(2)7-10(16)9-5-3-4-6-11(9)17-12(13,14)15;/h3-6,10H,1,7,16H2,2H3;1H/t10-;/m1./s1. The largest absolute Gasteiger partial charge is 0.573 e. The minimum Gasteiger partial charge on any atom is -0.405 e. The zero-order chi connectivity index (χ0) is 13.1. The Bertz CT molecular complexity index is 407. The quantitative estimate of drug-likeness (QED) is 0.848. The molecule has 1 aromatic carbocycles. The lowest BCUT2D eigenvalue weighted by atomic mass is 10.0. The molecular formula is C12H15ClF3NO. The predicted molar refractivity (Wildman–Crippen MR) is 66.7 cm³/mol. The Morgan fingerprint density at radius 2 is 1.94 bits per heavy atom. The average Bonchev–Trinajstić information content (AvgIpc) is 2.14. The number of alkyl halides is 3. The number of nitrogens with two attached hydrogens (primary N) is 1. The second-order valence-electron chi connectivity index (χ2n) is 3.85. The van der Waals surface area contributed by atoms with Gasteiger partial charge in [-0.05, 0) is 19.4 Å². The maximum Gasteiger partial charge on any atom is 0.573 e. The molecule has 2 nitrogen and oxygen atoms in total. The Hall–Kier alpha value is -1.20. The molecule has 0 spiro atoms. The number of para-hydroxylation sites is 1. The van der Waals surface area contributed by atoms with Crippen LogP contribution in [0.25, 0.3) is 0 Å². The van der Waals surface area contributed by atoms with E-state index in [2.05, 4.69) is 11.3 Å². The minimum absolute atomic E-state index is 0. The van der Waals surface area contributed by atoms with Gasteiger partial charge in [0.25, 0.3) is 0 Å². The van der Waals surface area contributed by atoms with Gasteiger partial charge in [0.15, 0.2) is 0 Å². The molecule has 1 rings (SSSR count). The molecule has 0 heterocycles. The smallest absolute Gasteiger partial charge is 0.405 e. The van der Waals surface area contributed by atoms with Gasteiger partial charge >= 0.3 is 6.36 Å². The van der Waals surface area contributed by atoms with Gasteiger partial charge in [-0.15, -0.1) is 32.2 Å². The van der Waals surface area contributed by atoms with Crippen molar-refractivity contribution in [2.24, 2.45) is 5.73 Å². The highest BCUT2D eigenvalue weighted by Crippen LogP contribution is 2.31. The fourth-order valence-corrected chi connectivity index (χ4v) is 1.49. The fourth-order valence-electron chi connectivity index (χ4n) is 1.49. The Balaban J connectivity index is 0.00000289. The number of hydrogen-bond acceptors (Lipinski definition) is 2. The lowest BCUT2D eigenvalue weighted by Gasteiger charge is -2.17. The van der Waals surface area contributed by atoms with Gasteiger partial charge < -0.3 is 10.5 Å². The van der Waals surface area contributed by atoms with Crippen LogP contribution in [0, 0.1) is 0 Å². The van der Waals surface area contributed by atoms with Gasteiger partial charge in [-0.25, -0.2) is 0 Å². The van der Waals surface area contributed by atoms with Gasteiger partial charge in [0.1, 0.15) is 5.75 Å². The van der Waals surface area contributed by atoms with Crippen LogP contribution in [0.1, 0.15) is 24.9 Å². The highest BCUT2D eigenvalue weighted by atomic mass is 35.5. The van der Waals surface area contributed by atoms with E-state index >= 15 is 0 Å². The van der Waals surface area contributed by atoms with Crippen molar-refractivity contribution in [1.29, 1.82) is 0 Å². The van der Waals surface area contributed by atoms with Crippen molar-refractivity contribution in [2.75, 3.05) is 0 Å². The molecule has 1 atom stereocenters. The molecule has 0 aliphatic carbocycles. The zero-order valence-electron chi connectivity index (χ0n) is 9.83. The second-order valence-corrected chi connectivity index (χ2v) is 3.85. The fraction of sp³-hybridized carbons (Fsp3) is 0.333. The van der Waals surface area contributed by atoms with Crippen LogP contribution in [-0.2, 0) is 0 Å². The molecule has 0 radical (unpaired) electrons. The highest BCUT2D eigenvalue weighted by molar-refractivity contribution is 5.85. The van der Waals surface area contributed by atoms with E-state index in [9.17, 15) is 13.2 Å². The average molecular weight is 282 g/mol. The summed E-state index contributed by atoms with van der Waals surface area (Å²) in [5.74, 6) is -0.256. The Morgan fingerprint density at radius 1 is 1.39 bits per heavy atom. The molecule has 18 heavy (non-hydrogen) atoms. The van der Waals surface area contributed by atoms with E-state index in [0.29, 0.717) is 12.0 Å². The van der Waals surface area contributed by atoms with E-state index in [1.165, 1.54) is 18.2 Å². The maximum absolute atomic E-state index is 12.2. The summed E-state index contributed by atoms with van der Waals surface area (Å²) in [6, 6.07) is 5.32. The Labute approximate surface area is 110 Å². The molecule has 0 amide bonds. The summed E-state index contributed by atoms with van der Waals surface area (Å²) in [7, 11) is 0. The van der Waals surface area contributed by atoms with Crippen LogP contribution in [0.5, 0.6) is 5.75 Å². The molecule has 0 saturated carbocycles. The molecule has 0 unspecified atom stereocenters. The van der Waals surface area contributed by atoms with Gasteiger partial charge in [-0.1, -0.05) is 23.8 Å². The summed E-state index contributed by atoms with van der Waals surface area (Å²) in [5.41, 5.74) is 6.94. The van der Waals surface area contributed by atoms with Gasteiger partial charge in [0, 0.05) is 11.6 Å². The van der Waals surface area contributed by atoms with Crippen LogP contribution < -0.4 is 10.5 Å². The van der Waals surface area contributed by atoms with Crippen molar-refractivity contribution in [3.8, 4) is 5.75 Å². The number of ether oxygens (including phenoxy) is 1. The Kier molecular flexibility index (Phi) is 6.21. The summed E-state index contributed by atoms with van der Waals surface area (Å²) in [5, 5.41) is 0. The molecule has 1 aromatic rings. The second kappa shape index (κ2) is 6.66. The molecule has 102 valence electrons. The molecule has 0 aromatic heterocycles. The third-order valence-electron chi connectivity index (χ3n) is 2.11. The third-order valence-corrected chi connectivity index (χ3v) is 2.11. The number of benzene rings is 1. The summed E-state index contributed by atoms with van der Waals surface area (Å²) < 4.78 is 40.4. The SMILES string of the molecule is C=C(C)C[C@@H](N)c1ccccc1OC(F)(F)F.Cl. The van der Waals surface area contributed by atoms with Crippen LogP contribution in [0.3, 0.4) is 0 Å². The Morgan fingerprint density at radius 3 is 2.44 bits per heavy atom. The van der Waals surface area contributed by atoms with Crippen LogP contribution in [0.4, 0.5) is 13.2 Å². The highest BCUT2D eigenvalue weighted by Gasteiger charge is 2.32. The normalized spacial score (nSPS) is 12.5. The number of halogens is 4. The van der Waals surface area contributed by atoms with E-state index in [1.807, 2.05) is 0 Å². The van der Waals surface area contributed by atoms with E-state index in [4.69, 9.17) is 5.73 Å². The lowest BCUT2D eigenvalue weighted by Crippen LogP contribution is -2.20. The van der Waals surface area contributed by atoms with Crippen LogP contribution in [0.2, 0.25) is 0 Å². The van der Waals surface area contributed by atoms with Crippen molar-refractivity contribution in [1.82, 2.24) is 0 Å². The van der Waals surface area contributed by atoms with Gasteiger partial charge in [0.2, 0.25) is 0 Å². The summed E-state index contributed by atoms with van der Waals surface area (Å²) in [6.07, 6.45) is -4.29. The first-order valence-corrected chi connectivity index (χ1v) is 5.04. The predicted octanol–water partition coefficient (Wildman–Crippen LogP) is 3.97. The maximum atomic E-state index is 12.2. The van der Waals surface area contributed by atoms with Crippen molar-refractivity contribution < 1.29 is 17.9 Å². The van der Waals surface area contributed by atoms with Crippen LogP contribution in [-0.4, -0.2) is 6.36 Å². The van der Waals surface area contributed by atoms with E-state index in [0.717, 1.165) is 5.57 Å². The van der Waals surface area contributed by atoms with Crippen LogP contribution >= 0.6 is 12.4 Å². The topological polar surface area (TPSA) is 35.2 Å². The first-order valence-electron chi connectivity index (χ1n) is 5.04. The van der Waals surface area contributed by atoms with E-state index in [1.54, 1.807) is 13.0 Å². The van der Waals surface area contributed by atoms with Crippen molar-refractivity contribution in [3.05, 3.63) is 42.0 Å². The van der Waals surface area contributed by atoms with Gasteiger partial charge in [-0.2, -0.15) is 0 Å². The molecule has 0 saturated heterocycles. The van der Waals surface area contributed by atoms with E-state index < -0.39 is 12.4 Å². The molecule has 0 aliphatic heterocycles. The molecule has 2 N–H and O–H groups in total. The molecule has 6 heteroatoms. The summed E-state index contributed by atoms with van der Waals surface area (Å²) in [4.78, 5) is 0. The van der Waals surface area contributed by atoms with E-state index in [-0.39, 0.29) is 18.2 Å².